The van der Waals surface area contributed by atoms with Crippen molar-refractivity contribution in [3.8, 4) is 0 Å². The third-order valence-corrected chi connectivity index (χ3v) is 7.39. The van der Waals surface area contributed by atoms with Crippen molar-refractivity contribution in [1.29, 1.82) is 0 Å². The van der Waals surface area contributed by atoms with E-state index in [1.54, 1.807) is 6.92 Å². The van der Waals surface area contributed by atoms with Gasteiger partial charge in [0.15, 0.2) is 11.6 Å². The molecule has 5 rings (SSSR count). The van der Waals surface area contributed by atoms with Gasteiger partial charge in [-0.1, -0.05) is 0 Å². The first kappa shape index (κ1) is 25.8. The Bertz CT molecular complexity index is 999. The molecule has 0 bridgehead atoms. The summed E-state index contributed by atoms with van der Waals surface area (Å²) in [5.74, 6) is 0.241. The second kappa shape index (κ2) is 9.42. The molecule has 4 aliphatic rings. The molecule has 1 N–H and O–H groups in total. The molecule has 1 aromatic heterocycles. The van der Waals surface area contributed by atoms with Crippen LogP contribution in [0.4, 0.5) is 15.0 Å². The molecular weight excluding hydrogens is 461 g/mol. The van der Waals surface area contributed by atoms with Gasteiger partial charge in [-0.3, -0.25) is 9.89 Å². The van der Waals surface area contributed by atoms with Gasteiger partial charge in [-0.05, 0) is 52.7 Å². The van der Waals surface area contributed by atoms with E-state index < -0.39 is 11.4 Å². The minimum Gasteiger partial charge on any atom is -0.322 e. The number of nitrogens with zero attached hydrogens (tertiary/aromatic N) is 6. The number of fused-ring (bicyclic) bond motifs is 1. The minimum absolute atomic E-state index is 0. The number of nitrogens with one attached hydrogen (secondary N) is 1. The van der Waals surface area contributed by atoms with Crippen LogP contribution in [-0.2, 0) is 0 Å². The van der Waals surface area contributed by atoms with Crippen molar-refractivity contribution < 1.29 is 9.18 Å². The number of carbonyl (C=O) groups is 1. The molecule has 0 unspecified atom stereocenters. The third-order valence-electron chi connectivity index (χ3n) is 7.39. The molecule has 4 aliphatic heterocycles. The zero-order valence-corrected chi connectivity index (χ0v) is 21.7. The van der Waals surface area contributed by atoms with Gasteiger partial charge in [-0.2, -0.15) is 27.0 Å². The van der Waals surface area contributed by atoms with Gasteiger partial charge in [-0.25, -0.2) is 19.2 Å². The molecule has 33 heavy (non-hydrogen) atoms. The summed E-state index contributed by atoms with van der Waals surface area (Å²) in [6, 6.07) is 0.757. The highest BCUT2D eigenvalue weighted by molar-refractivity contribution is 7.59. The number of halogens is 1. The molecule has 1 aromatic rings. The summed E-state index contributed by atoms with van der Waals surface area (Å²) in [5, 5.41) is 3.05. The summed E-state index contributed by atoms with van der Waals surface area (Å²) in [6.45, 7) is 11.8. The first-order valence-electron chi connectivity index (χ1n) is 11.1. The molecule has 182 valence electrons. The zero-order chi connectivity index (χ0) is 21.9. The average molecular weight is 496 g/mol. The summed E-state index contributed by atoms with van der Waals surface area (Å²) in [7, 11) is 0. The van der Waals surface area contributed by atoms with Crippen LogP contribution in [0.2, 0.25) is 0 Å². The standard InChI is InChI=1S/C22H30FN7O.2H2S/c1-13-9-28-7-5-6-15(28)10-29(13)21(31)30-11-16-17(22(30,3)4)8-24-19(16)27-20-18(23)14(2)25-12-26-20;;/h12-13,15H,5-11H2,1-4H3,(H,24,25,26,27);2*1H2/t13-,15-;;/m0../s1. The Labute approximate surface area is 208 Å². The lowest BCUT2D eigenvalue weighted by Gasteiger charge is -2.46. The van der Waals surface area contributed by atoms with Crippen LogP contribution < -0.4 is 5.32 Å². The lowest BCUT2D eigenvalue weighted by Crippen LogP contribution is -2.61. The Morgan fingerprint density at radius 1 is 1.24 bits per heavy atom. The van der Waals surface area contributed by atoms with Gasteiger partial charge in [0.25, 0.3) is 0 Å². The lowest BCUT2D eigenvalue weighted by molar-refractivity contribution is 0.0549. The molecule has 0 aromatic carbocycles. The highest BCUT2D eigenvalue weighted by atomic mass is 32.1. The largest absolute Gasteiger partial charge is 0.322 e. The van der Waals surface area contributed by atoms with E-state index in [4.69, 9.17) is 0 Å². The highest BCUT2D eigenvalue weighted by Gasteiger charge is 2.48. The predicted molar refractivity (Wildman–Crippen MR) is 137 cm³/mol. The average Bonchev–Trinajstić information content (AvgIpc) is 3.40. The van der Waals surface area contributed by atoms with Gasteiger partial charge in [-0.15, -0.1) is 0 Å². The van der Waals surface area contributed by atoms with Gasteiger partial charge in [0, 0.05) is 30.7 Å². The minimum atomic E-state index is -0.479. The van der Waals surface area contributed by atoms with E-state index in [2.05, 4.69) is 45.9 Å². The van der Waals surface area contributed by atoms with Crippen molar-refractivity contribution in [3.05, 3.63) is 29.0 Å². The quantitative estimate of drug-likeness (QED) is 0.648. The number of anilines is 1. The number of rotatable bonds is 1. The Morgan fingerprint density at radius 2 is 2.00 bits per heavy atom. The molecule has 0 spiro atoms. The molecule has 0 radical (unpaired) electrons. The van der Waals surface area contributed by atoms with Crippen molar-refractivity contribution in [2.45, 2.75) is 58.2 Å². The fourth-order valence-electron chi connectivity index (χ4n) is 5.43. The highest BCUT2D eigenvalue weighted by Crippen LogP contribution is 2.39. The maximum atomic E-state index is 14.4. The van der Waals surface area contributed by atoms with E-state index >= 15 is 0 Å². The van der Waals surface area contributed by atoms with Crippen molar-refractivity contribution >= 4 is 44.7 Å². The molecule has 11 heteroatoms. The van der Waals surface area contributed by atoms with Crippen LogP contribution in [0.25, 0.3) is 0 Å². The van der Waals surface area contributed by atoms with E-state index in [-0.39, 0.29) is 50.6 Å². The van der Waals surface area contributed by atoms with Crippen LogP contribution in [0.5, 0.6) is 0 Å². The number of piperazine rings is 1. The lowest BCUT2D eigenvalue weighted by atomic mass is 9.94. The number of hydrogen-bond acceptors (Lipinski definition) is 6. The van der Waals surface area contributed by atoms with Crippen LogP contribution in [0.3, 0.4) is 0 Å². The Hall–Kier alpha value is -1.85. The van der Waals surface area contributed by atoms with Crippen LogP contribution in [0.1, 0.15) is 39.3 Å². The maximum Gasteiger partial charge on any atom is 0.321 e. The molecule has 0 aliphatic carbocycles. The summed E-state index contributed by atoms with van der Waals surface area (Å²) in [6.07, 6.45) is 3.72. The normalized spacial score (nSPS) is 25.8. The van der Waals surface area contributed by atoms with E-state index in [9.17, 15) is 9.18 Å². The Morgan fingerprint density at radius 3 is 2.76 bits per heavy atom. The van der Waals surface area contributed by atoms with Crippen molar-refractivity contribution in [1.82, 2.24) is 24.7 Å². The van der Waals surface area contributed by atoms with Crippen LogP contribution in [0, 0.1) is 12.7 Å². The Kier molecular flexibility index (Phi) is 7.36. The fourth-order valence-corrected chi connectivity index (χ4v) is 5.43. The van der Waals surface area contributed by atoms with Gasteiger partial charge < -0.3 is 15.1 Å². The van der Waals surface area contributed by atoms with E-state index in [0.29, 0.717) is 25.0 Å². The maximum absolute atomic E-state index is 14.4. The monoisotopic (exact) mass is 495 g/mol. The van der Waals surface area contributed by atoms with Gasteiger partial charge in [0.05, 0.1) is 24.3 Å². The Balaban J connectivity index is 0.00000153. The number of amides is 2. The SMILES string of the molecule is Cc1ncnc(NC2=NCC3=C2CN(C(=O)N2C[C@@H]4CCCN4C[C@@H]2C)C3(C)C)c1F.S.S. The topological polar surface area (TPSA) is 77.0 Å². The second-order valence-corrected chi connectivity index (χ2v) is 9.59. The van der Waals surface area contributed by atoms with Crippen molar-refractivity contribution in [2.75, 3.05) is 38.0 Å². The smallest absolute Gasteiger partial charge is 0.321 e. The molecule has 8 nitrogen and oxygen atoms in total. The zero-order valence-electron chi connectivity index (χ0n) is 19.7. The molecule has 0 saturated carbocycles. The number of amidine groups is 1. The summed E-state index contributed by atoms with van der Waals surface area (Å²) in [4.78, 5) is 32.7. The molecule has 2 atom stereocenters. The van der Waals surface area contributed by atoms with E-state index in [1.807, 2.05) is 9.80 Å². The number of aliphatic imine (C=N–C) groups is 1. The number of aryl methyl sites for hydroxylation is 1. The molecule has 2 amide bonds. The third kappa shape index (κ3) is 4.23. The van der Waals surface area contributed by atoms with Crippen LogP contribution in [0.15, 0.2) is 22.5 Å². The summed E-state index contributed by atoms with van der Waals surface area (Å²) < 4.78 is 14.4. The van der Waals surface area contributed by atoms with Gasteiger partial charge >= 0.3 is 6.03 Å². The summed E-state index contributed by atoms with van der Waals surface area (Å²) >= 11 is 0. The molecule has 2 saturated heterocycles. The van der Waals surface area contributed by atoms with Gasteiger partial charge in [0.2, 0.25) is 0 Å². The van der Waals surface area contributed by atoms with Crippen molar-refractivity contribution in [2.24, 2.45) is 4.99 Å². The summed E-state index contributed by atoms with van der Waals surface area (Å²) in [5.41, 5.74) is 1.93. The van der Waals surface area contributed by atoms with E-state index in [0.717, 1.165) is 30.8 Å². The van der Waals surface area contributed by atoms with Crippen LogP contribution in [-0.4, -0.2) is 86.9 Å². The number of aromatic nitrogens is 2. The van der Waals surface area contributed by atoms with Crippen molar-refractivity contribution in [3.63, 3.8) is 0 Å². The van der Waals surface area contributed by atoms with Gasteiger partial charge in [0.1, 0.15) is 12.2 Å². The molecular formula is C22H34FN7OS2. The predicted octanol–water partition coefficient (Wildman–Crippen LogP) is 2.65. The number of hydrogen-bond donors (Lipinski definition) is 1. The van der Waals surface area contributed by atoms with Crippen LogP contribution >= 0.6 is 27.0 Å². The number of urea groups is 1. The first-order chi connectivity index (χ1) is 14.8. The number of carbonyl (C=O) groups excluding carboxylic acids is 1. The second-order valence-electron chi connectivity index (χ2n) is 9.59. The first-order valence-corrected chi connectivity index (χ1v) is 11.1. The fraction of sp³-hybridized carbons (Fsp3) is 0.636. The molecule has 5 heterocycles. The van der Waals surface area contributed by atoms with E-state index in [1.165, 1.54) is 19.2 Å². The molecule has 2 fully saturated rings.